The highest BCUT2D eigenvalue weighted by molar-refractivity contribution is 5.77. The van der Waals surface area contributed by atoms with Crippen LogP contribution in [0.5, 0.6) is 5.75 Å². The number of nitrogens with zero attached hydrogens (tertiary/aromatic N) is 1. The van der Waals surface area contributed by atoms with Gasteiger partial charge in [0, 0.05) is 11.8 Å². The highest BCUT2D eigenvalue weighted by Crippen LogP contribution is 2.28. The third-order valence-corrected chi connectivity index (χ3v) is 3.80. The zero-order valence-corrected chi connectivity index (χ0v) is 12.0. The van der Waals surface area contributed by atoms with E-state index in [1.54, 1.807) is 17.0 Å². The molecule has 1 saturated heterocycles. The fraction of sp³-hybridized carbons (Fsp3) is 0.533. The standard InChI is InChI=1S/C15H22N2O3/c1-11(2)15(19)9-17(10-15)14(18)6-7-20-13-5-3-4-12(16)8-13/h3-5,8,11,19H,6-7,9-10,16H2,1-2H3. The molecule has 0 radical (unpaired) electrons. The van der Waals surface area contributed by atoms with Crippen LogP contribution in [0.4, 0.5) is 5.69 Å². The number of hydrogen-bond donors (Lipinski definition) is 2. The van der Waals surface area contributed by atoms with Gasteiger partial charge in [-0.3, -0.25) is 4.79 Å². The molecule has 110 valence electrons. The predicted molar refractivity (Wildman–Crippen MR) is 77.3 cm³/mol. The van der Waals surface area contributed by atoms with Gasteiger partial charge >= 0.3 is 0 Å². The van der Waals surface area contributed by atoms with Crippen LogP contribution < -0.4 is 10.5 Å². The van der Waals surface area contributed by atoms with Crippen molar-refractivity contribution in [2.45, 2.75) is 25.9 Å². The Morgan fingerprint density at radius 2 is 2.20 bits per heavy atom. The third-order valence-electron chi connectivity index (χ3n) is 3.80. The number of β-amino-alcohol motifs (C(OH)–C–C–N with tert-alkyl or cyclic N) is 1. The van der Waals surface area contributed by atoms with E-state index in [0.717, 1.165) is 0 Å². The van der Waals surface area contributed by atoms with Crippen molar-refractivity contribution in [1.29, 1.82) is 0 Å². The van der Waals surface area contributed by atoms with Gasteiger partial charge in [0.25, 0.3) is 0 Å². The van der Waals surface area contributed by atoms with E-state index in [0.29, 0.717) is 37.6 Å². The Hall–Kier alpha value is -1.75. The molecule has 0 atom stereocenters. The van der Waals surface area contributed by atoms with Crippen LogP contribution in [-0.4, -0.2) is 41.2 Å². The van der Waals surface area contributed by atoms with Gasteiger partial charge in [-0.15, -0.1) is 0 Å². The Bertz CT molecular complexity index is 482. The van der Waals surface area contributed by atoms with Gasteiger partial charge in [-0.25, -0.2) is 0 Å². The molecule has 0 unspecified atom stereocenters. The number of ether oxygens (including phenoxy) is 1. The number of hydrogen-bond acceptors (Lipinski definition) is 4. The summed E-state index contributed by atoms with van der Waals surface area (Å²) in [5.41, 5.74) is 5.56. The summed E-state index contributed by atoms with van der Waals surface area (Å²) in [6.07, 6.45) is 0.309. The lowest BCUT2D eigenvalue weighted by Crippen LogP contribution is -2.66. The van der Waals surface area contributed by atoms with Gasteiger partial charge in [-0.2, -0.15) is 0 Å². The van der Waals surface area contributed by atoms with Gasteiger partial charge in [-0.1, -0.05) is 19.9 Å². The second-order valence-electron chi connectivity index (χ2n) is 5.68. The fourth-order valence-electron chi connectivity index (χ4n) is 2.17. The van der Waals surface area contributed by atoms with Crippen molar-refractivity contribution >= 4 is 11.6 Å². The molecule has 0 aromatic heterocycles. The minimum atomic E-state index is -0.718. The van der Waals surface area contributed by atoms with Crippen LogP contribution in [-0.2, 0) is 4.79 Å². The number of rotatable bonds is 5. The van der Waals surface area contributed by atoms with Gasteiger partial charge in [-0.05, 0) is 18.1 Å². The molecular weight excluding hydrogens is 256 g/mol. The molecule has 1 aromatic carbocycles. The average molecular weight is 278 g/mol. The van der Waals surface area contributed by atoms with Crippen molar-refractivity contribution in [1.82, 2.24) is 4.90 Å². The number of amides is 1. The summed E-state index contributed by atoms with van der Waals surface area (Å²) in [5, 5.41) is 10.1. The minimum Gasteiger partial charge on any atom is -0.493 e. The number of carbonyl (C=O) groups excluding carboxylic acids is 1. The van der Waals surface area contributed by atoms with E-state index in [2.05, 4.69) is 0 Å². The first kappa shape index (κ1) is 14.7. The first-order valence-corrected chi connectivity index (χ1v) is 6.89. The largest absolute Gasteiger partial charge is 0.493 e. The SMILES string of the molecule is CC(C)C1(O)CN(C(=O)CCOc2cccc(N)c2)C1. The van der Waals surface area contributed by atoms with Crippen molar-refractivity contribution in [2.24, 2.45) is 5.92 Å². The number of aliphatic hydroxyl groups is 1. The maximum atomic E-state index is 11.9. The van der Waals surface area contributed by atoms with Crippen LogP contribution in [0.3, 0.4) is 0 Å². The molecule has 1 amide bonds. The summed E-state index contributed by atoms with van der Waals surface area (Å²) in [6, 6.07) is 7.13. The van der Waals surface area contributed by atoms with Gasteiger partial charge < -0.3 is 20.5 Å². The van der Waals surface area contributed by atoms with Crippen molar-refractivity contribution in [3.05, 3.63) is 24.3 Å². The van der Waals surface area contributed by atoms with E-state index in [1.807, 2.05) is 26.0 Å². The van der Waals surface area contributed by atoms with E-state index >= 15 is 0 Å². The molecule has 0 bridgehead atoms. The molecule has 3 N–H and O–H groups in total. The highest BCUT2D eigenvalue weighted by atomic mass is 16.5. The summed E-state index contributed by atoms with van der Waals surface area (Å²) < 4.78 is 5.49. The van der Waals surface area contributed by atoms with Crippen molar-refractivity contribution in [3.8, 4) is 5.75 Å². The summed E-state index contributed by atoms with van der Waals surface area (Å²) >= 11 is 0. The van der Waals surface area contributed by atoms with Crippen LogP contribution in [0, 0.1) is 5.92 Å². The summed E-state index contributed by atoms with van der Waals surface area (Å²) in [4.78, 5) is 13.6. The lowest BCUT2D eigenvalue weighted by atomic mass is 9.83. The highest BCUT2D eigenvalue weighted by Gasteiger charge is 2.45. The lowest BCUT2D eigenvalue weighted by molar-refractivity contribution is -0.164. The van der Waals surface area contributed by atoms with Crippen LogP contribution in [0.15, 0.2) is 24.3 Å². The van der Waals surface area contributed by atoms with Crippen molar-refractivity contribution < 1.29 is 14.6 Å². The quantitative estimate of drug-likeness (QED) is 0.795. The normalized spacial score (nSPS) is 16.9. The lowest BCUT2D eigenvalue weighted by Gasteiger charge is -2.49. The molecule has 1 aromatic rings. The molecule has 2 rings (SSSR count). The molecule has 0 saturated carbocycles. The zero-order chi connectivity index (χ0) is 14.8. The summed E-state index contributed by atoms with van der Waals surface area (Å²) in [7, 11) is 0. The van der Waals surface area contributed by atoms with Gasteiger partial charge in [0.05, 0.1) is 26.1 Å². The molecule has 1 aliphatic rings. The van der Waals surface area contributed by atoms with Gasteiger partial charge in [0.1, 0.15) is 11.4 Å². The Morgan fingerprint density at radius 3 is 2.80 bits per heavy atom. The zero-order valence-electron chi connectivity index (χ0n) is 12.0. The number of anilines is 1. The number of benzene rings is 1. The summed E-state index contributed by atoms with van der Waals surface area (Å²) in [5.74, 6) is 0.842. The Morgan fingerprint density at radius 1 is 1.50 bits per heavy atom. The molecule has 5 nitrogen and oxygen atoms in total. The summed E-state index contributed by atoms with van der Waals surface area (Å²) in [6.45, 7) is 5.08. The maximum absolute atomic E-state index is 11.9. The molecule has 0 spiro atoms. The molecule has 1 heterocycles. The Labute approximate surface area is 119 Å². The molecule has 5 heteroatoms. The number of carbonyl (C=O) groups is 1. The Balaban J connectivity index is 1.72. The van der Waals surface area contributed by atoms with E-state index in [1.165, 1.54) is 0 Å². The van der Waals surface area contributed by atoms with Crippen molar-refractivity contribution in [3.63, 3.8) is 0 Å². The fourth-order valence-corrected chi connectivity index (χ4v) is 2.17. The first-order chi connectivity index (χ1) is 9.40. The molecule has 0 aliphatic carbocycles. The van der Waals surface area contributed by atoms with Crippen LogP contribution in [0.1, 0.15) is 20.3 Å². The van der Waals surface area contributed by atoms with E-state index < -0.39 is 5.60 Å². The smallest absolute Gasteiger partial charge is 0.226 e. The van der Waals surface area contributed by atoms with E-state index in [4.69, 9.17) is 10.5 Å². The Kier molecular flexibility index (Phi) is 4.18. The van der Waals surface area contributed by atoms with Crippen molar-refractivity contribution in [2.75, 3.05) is 25.4 Å². The average Bonchev–Trinajstić information content (AvgIpc) is 2.34. The minimum absolute atomic E-state index is 0.0132. The van der Waals surface area contributed by atoms with Crippen LogP contribution in [0.25, 0.3) is 0 Å². The molecule has 20 heavy (non-hydrogen) atoms. The second-order valence-corrected chi connectivity index (χ2v) is 5.68. The number of likely N-dealkylation sites (tertiary alicyclic amines) is 1. The molecule has 1 fully saturated rings. The van der Waals surface area contributed by atoms with Gasteiger partial charge in [0.15, 0.2) is 0 Å². The topological polar surface area (TPSA) is 75.8 Å². The number of nitrogen functional groups attached to an aromatic ring is 1. The van der Waals surface area contributed by atoms with E-state index in [-0.39, 0.29) is 11.8 Å². The van der Waals surface area contributed by atoms with Crippen LogP contribution in [0.2, 0.25) is 0 Å². The first-order valence-electron chi connectivity index (χ1n) is 6.89. The monoisotopic (exact) mass is 278 g/mol. The van der Waals surface area contributed by atoms with Crippen LogP contribution >= 0.6 is 0 Å². The molecular formula is C15H22N2O3. The van der Waals surface area contributed by atoms with E-state index in [9.17, 15) is 9.90 Å². The maximum Gasteiger partial charge on any atom is 0.226 e. The van der Waals surface area contributed by atoms with Gasteiger partial charge in [0.2, 0.25) is 5.91 Å². The second kappa shape index (κ2) is 5.71. The predicted octanol–water partition coefficient (Wildman–Crippen LogP) is 1.27. The number of nitrogens with two attached hydrogens (primary N) is 1. The molecule has 1 aliphatic heterocycles. The third kappa shape index (κ3) is 3.22.